The normalized spacial score (nSPS) is 19.3. The Balaban J connectivity index is 1.48. The molecule has 1 spiro atoms. The topological polar surface area (TPSA) is 66.2 Å². The van der Waals surface area contributed by atoms with Gasteiger partial charge in [-0.1, -0.05) is 36.4 Å². The number of hydrogen-bond donors (Lipinski definition) is 0. The predicted molar refractivity (Wildman–Crippen MR) is 117 cm³/mol. The summed E-state index contributed by atoms with van der Waals surface area (Å²) in [5, 5.41) is 0. The van der Waals surface area contributed by atoms with Crippen LogP contribution in [-0.2, 0) is 16.1 Å². The van der Waals surface area contributed by atoms with Crippen molar-refractivity contribution in [2.75, 3.05) is 39.9 Å². The molecule has 2 aliphatic heterocycles. The highest BCUT2D eigenvalue weighted by Crippen LogP contribution is 2.38. The number of carbonyl (C=O) groups excluding carboxylic acids is 2. The second-order valence-corrected chi connectivity index (χ2v) is 8.05. The standard InChI is InChI=1S/C24H29N3O4/c1-30-18-16-26-22(28)24(27(23(26)29)19-20-7-3-2-4-8-20)11-14-25(15-12-24)13-5-9-21-10-6-17-31-21/h2-10,17H,11-16,18-19H2,1H3/b9-5+. The fraction of sp³-hybridized carbons (Fsp3) is 0.417. The van der Waals surface area contributed by atoms with Crippen LogP contribution >= 0.6 is 0 Å². The van der Waals surface area contributed by atoms with E-state index in [4.69, 9.17) is 9.15 Å². The second-order valence-electron chi connectivity index (χ2n) is 8.05. The number of urea groups is 1. The van der Waals surface area contributed by atoms with Crippen molar-refractivity contribution >= 4 is 18.0 Å². The van der Waals surface area contributed by atoms with Crippen molar-refractivity contribution < 1.29 is 18.7 Å². The molecule has 3 amide bonds. The van der Waals surface area contributed by atoms with Crippen LogP contribution in [0.25, 0.3) is 6.08 Å². The van der Waals surface area contributed by atoms with Crippen LogP contribution in [0, 0.1) is 0 Å². The number of likely N-dealkylation sites (tertiary alicyclic amines) is 1. The van der Waals surface area contributed by atoms with Gasteiger partial charge in [0.2, 0.25) is 0 Å². The molecule has 0 bridgehead atoms. The van der Waals surface area contributed by atoms with E-state index < -0.39 is 5.54 Å². The van der Waals surface area contributed by atoms with Crippen molar-refractivity contribution in [1.82, 2.24) is 14.7 Å². The van der Waals surface area contributed by atoms with Crippen LogP contribution in [0.1, 0.15) is 24.2 Å². The van der Waals surface area contributed by atoms with Crippen molar-refractivity contribution in [3.63, 3.8) is 0 Å². The zero-order valence-corrected chi connectivity index (χ0v) is 17.9. The lowest BCUT2D eigenvalue weighted by Crippen LogP contribution is -2.56. The molecule has 1 aromatic heterocycles. The minimum absolute atomic E-state index is 0.0868. The molecule has 1 aromatic carbocycles. The Kier molecular flexibility index (Phi) is 6.53. The average Bonchev–Trinajstić information content (AvgIpc) is 3.37. The van der Waals surface area contributed by atoms with E-state index in [0.717, 1.165) is 31.0 Å². The third-order valence-electron chi connectivity index (χ3n) is 6.20. The van der Waals surface area contributed by atoms with Gasteiger partial charge in [-0.05, 0) is 36.6 Å². The van der Waals surface area contributed by atoms with Crippen LogP contribution in [0.5, 0.6) is 0 Å². The number of methoxy groups -OCH3 is 1. The summed E-state index contributed by atoms with van der Waals surface area (Å²) >= 11 is 0. The summed E-state index contributed by atoms with van der Waals surface area (Å²) in [5.74, 6) is 0.740. The number of imide groups is 1. The van der Waals surface area contributed by atoms with Crippen molar-refractivity contribution in [3.8, 4) is 0 Å². The molecule has 164 valence electrons. The first-order chi connectivity index (χ1) is 15.1. The first-order valence-electron chi connectivity index (χ1n) is 10.7. The molecule has 0 unspecified atom stereocenters. The highest BCUT2D eigenvalue weighted by molar-refractivity contribution is 6.07. The molecule has 0 radical (unpaired) electrons. The summed E-state index contributed by atoms with van der Waals surface area (Å²) in [5.41, 5.74) is 0.252. The minimum Gasteiger partial charge on any atom is -0.465 e. The first kappa shape index (κ1) is 21.3. The Hall–Kier alpha value is -2.90. The summed E-state index contributed by atoms with van der Waals surface area (Å²) in [4.78, 5) is 32.1. The lowest BCUT2D eigenvalue weighted by molar-refractivity contribution is -0.136. The largest absolute Gasteiger partial charge is 0.465 e. The Bertz CT molecular complexity index is 902. The van der Waals surface area contributed by atoms with E-state index in [2.05, 4.69) is 11.0 Å². The van der Waals surface area contributed by atoms with E-state index in [1.54, 1.807) is 18.3 Å². The van der Waals surface area contributed by atoms with Gasteiger partial charge in [0.05, 0.1) is 19.4 Å². The van der Waals surface area contributed by atoms with E-state index in [1.165, 1.54) is 4.90 Å². The van der Waals surface area contributed by atoms with Crippen LogP contribution in [-0.4, -0.2) is 72.1 Å². The molecule has 0 atom stereocenters. The van der Waals surface area contributed by atoms with E-state index >= 15 is 0 Å². The molecule has 2 aliphatic rings. The highest BCUT2D eigenvalue weighted by Gasteiger charge is 2.57. The number of furan rings is 1. The third-order valence-corrected chi connectivity index (χ3v) is 6.20. The van der Waals surface area contributed by atoms with Crippen LogP contribution in [0.15, 0.2) is 59.2 Å². The molecule has 0 N–H and O–H groups in total. The van der Waals surface area contributed by atoms with Gasteiger partial charge >= 0.3 is 6.03 Å². The van der Waals surface area contributed by atoms with Gasteiger partial charge in [0, 0.05) is 33.3 Å². The van der Waals surface area contributed by atoms with Gasteiger partial charge in [0.25, 0.3) is 5.91 Å². The summed E-state index contributed by atoms with van der Waals surface area (Å²) in [7, 11) is 1.58. The van der Waals surface area contributed by atoms with Crippen LogP contribution < -0.4 is 0 Å². The van der Waals surface area contributed by atoms with Crippen LogP contribution in [0.3, 0.4) is 0 Å². The van der Waals surface area contributed by atoms with Crippen molar-refractivity contribution in [2.24, 2.45) is 0 Å². The fourth-order valence-electron chi connectivity index (χ4n) is 4.44. The van der Waals surface area contributed by atoms with Crippen LogP contribution in [0.2, 0.25) is 0 Å². The maximum absolute atomic E-state index is 13.4. The van der Waals surface area contributed by atoms with E-state index in [9.17, 15) is 9.59 Å². The number of piperidine rings is 1. The summed E-state index contributed by atoms with van der Waals surface area (Å²) < 4.78 is 10.5. The third kappa shape index (κ3) is 4.43. The monoisotopic (exact) mass is 423 g/mol. The van der Waals surface area contributed by atoms with E-state index in [1.807, 2.05) is 48.5 Å². The number of benzene rings is 1. The highest BCUT2D eigenvalue weighted by atomic mass is 16.5. The molecular weight excluding hydrogens is 394 g/mol. The number of nitrogens with zero attached hydrogens (tertiary/aromatic N) is 3. The quantitative estimate of drug-likeness (QED) is 0.610. The Morgan fingerprint density at radius 2 is 1.87 bits per heavy atom. The van der Waals surface area contributed by atoms with Gasteiger partial charge in [0.15, 0.2) is 0 Å². The van der Waals surface area contributed by atoms with E-state index in [-0.39, 0.29) is 18.5 Å². The van der Waals surface area contributed by atoms with Gasteiger partial charge in [-0.25, -0.2) is 4.79 Å². The lowest BCUT2D eigenvalue weighted by Gasteiger charge is -2.42. The van der Waals surface area contributed by atoms with Crippen molar-refractivity contribution in [2.45, 2.75) is 24.9 Å². The Labute approximate surface area is 182 Å². The first-order valence-corrected chi connectivity index (χ1v) is 10.7. The maximum Gasteiger partial charge on any atom is 0.328 e. The molecule has 2 saturated heterocycles. The van der Waals surface area contributed by atoms with Crippen LogP contribution in [0.4, 0.5) is 4.79 Å². The molecule has 4 rings (SSSR count). The van der Waals surface area contributed by atoms with Gasteiger partial charge in [-0.3, -0.25) is 14.6 Å². The maximum atomic E-state index is 13.4. The molecule has 7 nitrogen and oxygen atoms in total. The zero-order valence-electron chi connectivity index (χ0n) is 17.9. The Morgan fingerprint density at radius 1 is 1.10 bits per heavy atom. The number of rotatable bonds is 8. The molecule has 31 heavy (non-hydrogen) atoms. The molecule has 0 aliphatic carbocycles. The molecule has 0 saturated carbocycles. The fourth-order valence-corrected chi connectivity index (χ4v) is 4.44. The summed E-state index contributed by atoms with van der Waals surface area (Å²) in [6, 6.07) is 13.4. The molecule has 3 heterocycles. The zero-order chi connectivity index (χ0) is 21.7. The van der Waals surface area contributed by atoms with Crippen molar-refractivity contribution in [1.29, 1.82) is 0 Å². The molecule has 7 heteroatoms. The number of amides is 3. The smallest absolute Gasteiger partial charge is 0.328 e. The molecular formula is C24H29N3O4. The summed E-state index contributed by atoms with van der Waals surface area (Å²) in [6.07, 6.45) is 6.95. The molecule has 2 aromatic rings. The number of ether oxygens (including phenoxy) is 1. The number of hydrogen-bond acceptors (Lipinski definition) is 5. The SMILES string of the molecule is COCCN1C(=O)N(Cc2ccccc2)C2(CCN(C/C=C/c3ccco3)CC2)C1=O. The van der Waals surface area contributed by atoms with Gasteiger partial charge in [0.1, 0.15) is 11.3 Å². The summed E-state index contributed by atoms with van der Waals surface area (Å²) in [6.45, 7) is 3.36. The van der Waals surface area contributed by atoms with Gasteiger partial charge < -0.3 is 14.1 Å². The second kappa shape index (κ2) is 9.49. The molecule has 2 fully saturated rings. The van der Waals surface area contributed by atoms with E-state index in [0.29, 0.717) is 26.0 Å². The van der Waals surface area contributed by atoms with Gasteiger partial charge in [-0.2, -0.15) is 0 Å². The minimum atomic E-state index is -0.776. The predicted octanol–water partition coefficient (Wildman–Crippen LogP) is 3.24. The Morgan fingerprint density at radius 3 is 2.55 bits per heavy atom. The van der Waals surface area contributed by atoms with Crippen molar-refractivity contribution in [3.05, 3.63) is 66.1 Å². The van der Waals surface area contributed by atoms with Gasteiger partial charge in [-0.15, -0.1) is 0 Å². The average molecular weight is 424 g/mol. The lowest BCUT2D eigenvalue weighted by atomic mass is 9.85. The number of carbonyl (C=O) groups is 2.